The Labute approximate surface area is 134 Å². The van der Waals surface area contributed by atoms with Crippen LogP contribution in [0.2, 0.25) is 0 Å². The third kappa shape index (κ3) is 6.12. The maximum Gasteiger partial charge on any atom is 0.119 e. The maximum absolute atomic E-state index is 5.80. The van der Waals surface area contributed by atoms with E-state index in [1.54, 1.807) is 0 Å². The fourth-order valence-electron chi connectivity index (χ4n) is 2.35. The topological polar surface area (TPSA) is 33.7 Å². The second kappa shape index (κ2) is 9.87. The van der Waals surface area contributed by atoms with Gasteiger partial charge in [0.2, 0.25) is 0 Å². The molecular formula is C16H27ClN2O2. The van der Waals surface area contributed by atoms with Crippen LogP contribution in [0.4, 0.5) is 0 Å². The Kier molecular flexibility index (Phi) is 8.50. The Hall–Kier alpha value is -0.970. The van der Waals surface area contributed by atoms with Crippen LogP contribution in [-0.4, -0.2) is 50.3 Å². The normalized spacial score (nSPS) is 18.9. The van der Waals surface area contributed by atoms with Crippen molar-refractivity contribution in [2.75, 3.05) is 39.4 Å². The molecule has 1 aromatic rings. The molecule has 0 aliphatic carbocycles. The lowest BCUT2D eigenvalue weighted by atomic mass is 10.2. The molecule has 0 saturated carbocycles. The van der Waals surface area contributed by atoms with Crippen molar-refractivity contribution in [1.29, 1.82) is 0 Å². The van der Waals surface area contributed by atoms with Gasteiger partial charge < -0.3 is 14.8 Å². The van der Waals surface area contributed by atoms with E-state index in [1.807, 2.05) is 24.3 Å². The molecule has 120 valence electrons. The average molecular weight is 315 g/mol. The summed E-state index contributed by atoms with van der Waals surface area (Å²) in [4.78, 5) is 2.47. The van der Waals surface area contributed by atoms with Gasteiger partial charge in [0.05, 0.1) is 6.61 Å². The number of nitrogens with zero attached hydrogens (tertiary/aromatic N) is 1. The Morgan fingerprint density at radius 3 is 2.33 bits per heavy atom. The van der Waals surface area contributed by atoms with Gasteiger partial charge in [-0.2, -0.15) is 0 Å². The summed E-state index contributed by atoms with van der Waals surface area (Å²) < 4.78 is 11.4. The van der Waals surface area contributed by atoms with E-state index in [0.717, 1.165) is 57.3 Å². The standard InChI is InChI=1S/C16H26N2O2.ClH/c1-3-11-19-15-4-6-16(7-5-15)20-12-10-18-9-8-17-13-14(18)2;/h4-7,14,17H,3,8-13H2,1-2H3;1H. The smallest absolute Gasteiger partial charge is 0.119 e. The second-order valence-electron chi connectivity index (χ2n) is 5.26. The van der Waals surface area contributed by atoms with E-state index in [2.05, 4.69) is 24.1 Å². The molecule has 1 N–H and O–H groups in total. The van der Waals surface area contributed by atoms with Crippen LogP contribution in [0.25, 0.3) is 0 Å². The van der Waals surface area contributed by atoms with Gasteiger partial charge in [-0.25, -0.2) is 0 Å². The Balaban J connectivity index is 0.00000220. The first-order valence-corrected chi connectivity index (χ1v) is 7.60. The van der Waals surface area contributed by atoms with Gasteiger partial charge in [-0.1, -0.05) is 6.92 Å². The van der Waals surface area contributed by atoms with E-state index in [-0.39, 0.29) is 12.4 Å². The van der Waals surface area contributed by atoms with Crippen molar-refractivity contribution in [3.63, 3.8) is 0 Å². The fourth-order valence-corrected chi connectivity index (χ4v) is 2.35. The van der Waals surface area contributed by atoms with E-state index in [1.165, 1.54) is 0 Å². The number of ether oxygens (including phenoxy) is 2. The van der Waals surface area contributed by atoms with Gasteiger partial charge in [-0.3, -0.25) is 4.90 Å². The van der Waals surface area contributed by atoms with E-state index in [0.29, 0.717) is 6.04 Å². The van der Waals surface area contributed by atoms with Crippen molar-refractivity contribution in [1.82, 2.24) is 10.2 Å². The molecule has 4 nitrogen and oxygen atoms in total. The molecule has 1 saturated heterocycles. The van der Waals surface area contributed by atoms with Crippen LogP contribution in [-0.2, 0) is 0 Å². The van der Waals surface area contributed by atoms with Crippen LogP contribution in [0, 0.1) is 0 Å². The van der Waals surface area contributed by atoms with Gasteiger partial charge in [0.15, 0.2) is 0 Å². The third-order valence-electron chi connectivity index (χ3n) is 3.58. The molecule has 1 fully saturated rings. The first-order chi connectivity index (χ1) is 9.79. The summed E-state index contributed by atoms with van der Waals surface area (Å²) in [5.41, 5.74) is 0. The van der Waals surface area contributed by atoms with E-state index in [9.17, 15) is 0 Å². The number of nitrogens with one attached hydrogen (secondary N) is 1. The van der Waals surface area contributed by atoms with Crippen molar-refractivity contribution >= 4 is 12.4 Å². The molecule has 1 aliphatic rings. The molecule has 0 radical (unpaired) electrons. The minimum absolute atomic E-state index is 0. The molecule has 1 aromatic carbocycles. The largest absolute Gasteiger partial charge is 0.494 e. The third-order valence-corrected chi connectivity index (χ3v) is 3.58. The molecule has 1 unspecified atom stereocenters. The zero-order valence-electron chi connectivity index (χ0n) is 13.0. The average Bonchev–Trinajstić information content (AvgIpc) is 2.48. The summed E-state index contributed by atoms with van der Waals surface area (Å²) in [6.07, 6.45) is 1.03. The molecule has 0 bridgehead atoms. The van der Waals surface area contributed by atoms with Crippen LogP contribution in [0.5, 0.6) is 11.5 Å². The monoisotopic (exact) mass is 314 g/mol. The highest BCUT2D eigenvalue weighted by atomic mass is 35.5. The molecule has 1 aliphatic heterocycles. The molecule has 0 aromatic heterocycles. The number of benzene rings is 1. The fraction of sp³-hybridized carbons (Fsp3) is 0.625. The molecule has 1 heterocycles. The summed E-state index contributed by atoms with van der Waals surface area (Å²) in [6.45, 7) is 10.1. The predicted octanol–water partition coefficient (Wildman–Crippen LogP) is 2.57. The highest BCUT2D eigenvalue weighted by molar-refractivity contribution is 5.85. The predicted molar refractivity (Wildman–Crippen MR) is 88.9 cm³/mol. The summed E-state index contributed by atoms with van der Waals surface area (Å²) in [7, 11) is 0. The van der Waals surface area contributed by atoms with Crippen molar-refractivity contribution < 1.29 is 9.47 Å². The van der Waals surface area contributed by atoms with Crippen LogP contribution in [0.3, 0.4) is 0 Å². The van der Waals surface area contributed by atoms with Crippen LogP contribution < -0.4 is 14.8 Å². The Bertz CT molecular complexity index is 386. The number of halogens is 1. The molecule has 0 spiro atoms. The highest BCUT2D eigenvalue weighted by Crippen LogP contribution is 2.17. The van der Waals surface area contributed by atoms with Gasteiger partial charge in [0, 0.05) is 32.2 Å². The zero-order valence-corrected chi connectivity index (χ0v) is 13.8. The summed E-state index contributed by atoms with van der Waals surface area (Å²) >= 11 is 0. The van der Waals surface area contributed by atoms with Gasteiger partial charge in [0.25, 0.3) is 0 Å². The SMILES string of the molecule is CCCOc1ccc(OCCN2CCNCC2C)cc1.Cl. The maximum atomic E-state index is 5.80. The van der Waals surface area contributed by atoms with Crippen molar-refractivity contribution in [2.45, 2.75) is 26.3 Å². The van der Waals surface area contributed by atoms with Crippen molar-refractivity contribution in [2.24, 2.45) is 0 Å². The van der Waals surface area contributed by atoms with E-state index >= 15 is 0 Å². The summed E-state index contributed by atoms with van der Waals surface area (Å²) in [5, 5.41) is 3.40. The van der Waals surface area contributed by atoms with E-state index in [4.69, 9.17) is 9.47 Å². The zero-order chi connectivity index (χ0) is 14.2. The quantitative estimate of drug-likeness (QED) is 0.838. The second-order valence-corrected chi connectivity index (χ2v) is 5.26. The first kappa shape index (κ1) is 18.1. The highest BCUT2D eigenvalue weighted by Gasteiger charge is 2.16. The van der Waals surface area contributed by atoms with E-state index < -0.39 is 0 Å². The Morgan fingerprint density at radius 2 is 1.76 bits per heavy atom. The van der Waals surface area contributed by atoms with Gasteiger partial charge >= 0.3 is 0 Å². The van der Waals surface area contributed by atoms with Crippen LogP contribution in [0.1, 0.15) is 20.3 Å². The molecule has 5 heteroatoms. The number of hydrogen-bond donors (Lipinski definition) is 1. The minimum atomic E-state index is 0. The van der Waals surface area contributed by atoms with Gasteiger partial charge in [0.1, 0.15) is 18.1 Å². The van der Waals surface area contributed by atoms with Crippen LogP contribution >= 0.6 is 12.4 Å². The number of piperazine rings is 1. The lowest BCUT2D eigenvalue weighted by molar-refractivity contribution is 0.143. The minimum Gasteiger partial charge on any atom is -0.494 e. The molecule has 21 heavy (non-hydrogen) atoms. The van der Waals surface area contributed by atoms with Crippen LogP contribution in [0.15, 0.2) is 24.3 Å². The molecule has 0 amide bonds. The molecule has 1 atom stereocenters. The first-order valence-electron chi connectivity index (χ1n) is 7.60. The lowest BCUT2D eigenvalue weighted by Crippen LogP contribution is -2.50. The lowest BCUT2D eigenvalue weighted by Gasteiger charge is -2.33. The van der Waals surface area contributed by atoms with Gasteiger partial charge in [-0.15, -0.1) is 12.4 Å². The van der Waals surface area contributed by atoms with Crippen molar-refractivity contribution in [3.05, 3.63) is 24.3 Å². The molecular weight excluding hydrogens is 288 g/mol. The Morgan fingerprint density at radius 1 is 1.14 bits per heavy atom. The summed E-state index contributed by atoms with van der Waals surface area (Å²) in [6, 6.07) is 8.49. The number of rotatable bonds is 7. The van der Waals surface area contributed by atoms with Crippen molar-refractivity contribution in [3.8, 4) is 11.5 Å². The van der Waals surface area contributed by atoms with Gasteiger partial charge in [-0.05, 0) is 37.6 Å². The summed E-state index contributed by atoms with van der Waals surface area (Å²) in [5.74, 6) is 1.83. The molecule has 2 rings (SSSR count). The number of hydrogen-bond acceptors (Lipinski definition) is 4.